The van der Waals surface area contributed by atoms with Gasteiger partial charge in [-0.15, -0.1) is 0 Å². The molecule has 2 aliphatic heterocycles. The molecule has 1 saturated heterocycles. The highest BCUT2D eigenvalue weighted by atomic mass is 16.7. The Bertz CT molecular complexity index is 1490. The Morgan fingerprint density at radius 1 is 0.909 bits per heavy atom. The monoisotopic (exact) mass is 602 g/mol. The zero-order chi connectivity index (χ0) is 31.1. The van der Waals surface area contributed by atoms with Crippen molar-refractivity contribution in [3.05, 3.63) is 70.8 Å². The van der Waals surface area contributed by atoms with E-state index in [-0.39, 0.29) is 54.5 Å². The molecule has 0 amide bonds. The first-order valence-electron chi connectivity index (χ1n) is 15.4. The van der Waals surface area contributed by atoms with Crippen molar-refractivity contribution in [1.29, 1.82) is 0 Å². The van der Waals surface area contributed by atoms with Crippen LogP contribution < -0.4 is 24.3 Å². The van der Waals surface area contributed by atoms with Crippen molar-refractivity contribution in [1.82, 2.24) is 4.90 Å². The first kappa shape index (κ1) is 29.9. The topological polar surface area (TPSA) is 98.7 Å². The number of phenols is 1. The first-order chi connectivity index (χ1) is 21.2. The normalized spacial score (nSPS) is 21.8. The number of esters is 1. The molecule has 9 heteroatoms. The Hall–Kier alpha value is -4.11. The summed E-state index contributed by atoms with van der Waals surface area (Å²) in [6.07, 6.45) is 0.973. The number of cyclic esters (lactones) is 1. The van der Waals surface area contributed by atoms with Crippen molar-refractivity contribution in [2.75, 3.05) is 39.5 Å². The summed E-state index contributed by atoms with van der Waals surface area (Å²) in [6, 6.07) is 16.9. The fourth-order valence-electron chi connectivity index (χ4n) is 7.16. The molecule has 44 heavy (non-hydrogen) atoms. The fourth-order valence-corrected chi connectivity index (χ4v) is 7.16. The van der Waals surface area contributed by atoms with Gasteiger partial charge in [0.1, 0.15) is 0 Å². The second-order valence-electron chi connectivity index (χ2n) is 12.4. The lowest BCUT2D eigenvalue weighted by molar-refractivity contribution is -0.141. The maximum atomic E-state index is 13.5. The lowest BCUT2D eigenvalue weighted by Crippen LogP contribution is -2.38. The van der Waals surface area contributed by atoms with Crippen LogP contribution in [0.4, 0.5) is 5.69 Å². The molecule has 0 radical (unpaired) electrons. The summed E-state index contributed by atoms with van der Waals surface area (Å²) in [5, 5.41) is 14.4. The Kier molecular flexibility index (Phi) is 8.24. The minimum absolute atomic E-state index is 0.0878. The van der Waals surface area contributed by atoms with Crippen LogP contribution in [0, 0.1) is 11.8 Å². The largest absolute Gasteiger partial charge is 0.502 e. The van der Waals surface area contributed by atoms with Crippen molar-refractivity contribution in [2.24, 2.45) is 11.8 Å². The van der Waals surface area contributed by atoms with Crippen LogP contribution in [0.1, 0.15) is 61.9 Å². The number of nitrogens with one attached hydrogen (secondary N) is 1. The molecule has 0 unspecified atom stereocenters. The molecule has 0 aromatic heterocycles. The third-order valence-electron chi connectivity index (χ3n) is 9.31. The van der Waals surface area contributed by atoms with Crippen LogP contribution in [0.3, 0.4) is 0 Å². The molecule has 0 spiro atoms. The number of hydrogen-bond donors (Lipinski definition) is 2. The Morgan fingerprint density at radius 2 is 1.52 bits per heavy atom. The zero-order valence-corrected chi connectivity index (χ0v) is 26.3. The number of methoxy groups -OCH3 is 2. The number of benzene rings is 3. The minimum atomic E-state index is -0.475. The molecule has 3 aromatic rings. The molecule has 1 aliphatic carbocycles. The van der Waals surface area contributed by atoms with Crippen molar-refractivity contribution < 1.29 is 33.6 Å². The van der Waals surface area contributed by atoms with E-state index in [1.54, 1.807) is 12.1 Å². The van der Waals surface area contributed by atoms with E-state index in [1.807, 2.05) is 12.1 Å². The number of nitrogens with zero attached hydrogens (tertiary/aromatic N) is 1. The van der Waals surface area contributed by atoms with Crippen molar-refractivity contribution >= 4 is 11.7 Å². The highest BCUT2D eigenvalue weighted by Crippen LogP contribution is 2.56. The smallest absolute Gasteiger partial charge is 0.310 e. The van der Waals surface area contributed by atoms with Crippen molar-refractivity contribution in [2.45, 2.75) is 58.2 Å². The van der Waals surface area contributed by atoms with Gasteiger partial charge in [0.25, 0.3) is 0 Å². The van der Waals surface area contributed by atoms with Crippen LogP contribution >= 0.6 is 0 Å². The molecule has 3 aliphatic rings. The molecule has 2 heterocycles. The van der Waals surface area contributed by atoms with Gasteiger partial charge in [0, 0.05) is 36.2 Å². The molecule has 6 rings (SSSR count). The van der Waals surface area contributed by atoms with E-state index in [1.165, 1.54) is 19.8 Å². The van der Waals surface area contributed by atoms with Crippen LogP contribution in [0.5, 0.6) is 28.7 Å². The van der Waals surface area contributed by atoms with Gasteiger partial charge in [0.05, 0.1) is 32.8 Å². The van der Waals surface area contributed by atoms with Gasteiger partial charge in [-0.1, -0.05) is 12.1 Å². The summed E-state index contributed by atoms with van der Waals surface area (Å²) in [5.74, 6) is 0.502. The van der Waals surface area contributed by atoms with E-state index in [2.05, 4.69) is 62.2 Å². The quantitative estimate of drug-likeness (QED) is 0.275. The predicted octanol–water partition coefficient (Wildman–Crippen LogP) is 5.89. The summed E-state index contributed by atoms with van der Waals surface area (Å²) >= 11 is 0. The molecule has 0 saturated carbocycles. The van der Waals surface area contributed by atoms with Gasteiger partial charge >= 0.3 is 5.97 Å². The van der Waals surface area contributed by atoms with E-state index < -0.39 is 5.92 Å². The number of carbonyl (C=O) groups excluding carboxylic acids is 1. The van der Waals surface area contributed by atoms with Gasteiger partial charge in [0.15, 0.2) is 23.0 Å². The van der Waals surface area contributed by atoms with E-state index in [9.17, 15) is 9.90 Å². The van der Waals surface area contributed by atoms with E-state index in [0.29, 0.717) is 23.6 Å². The maximum Gasteiger partial charge on any atom is 0.310 e. The van der Waals surface area contributed by atoms with Gasteiger partial charge < -0.3 is 34.1 Å². The Morgan fingerprint density at radius 3 is 2.11 bits per heavy atom. The number of phenolic OH excluding ortho intramolecular Hbond substituents is 1. The second kappa shape index (κ2) is 12.1. The van der Waals surface area contributed by atoms with E-state index in [4.69, 9.17) is 23.7 Å². The Balaban J connectivity index is 1.36. The average molecular weight is 603 g/mol. The second-order valence-corrected chi connectivity index (χ2v) is 12.4. The molecule has 0 bridgehead atoms. The molecule has 2 N–H and O–H groups in total. The summed E-state index contributed by atoms with van der Waals surface area (Å²) in [6.45, 7) is 10.4. The highest BCUT2D eigenvalue weighted by molar-refractivity contribution is 5.79. The lowest BCUT2D eigenvalue weighted by Gasteiger charge is -2.40. The molecule has 234 valence electrons. The Labute approximate surface area is 259 Å². The fraction of sp³-hybridized carbons (Fsp3) is 0.457. The minimum Gasteiger partial charge on any atom is -0.502 e. The average Bonchev–Trinajstić information content (AvgIpc) is 3.63. The molecule has 3 aromatic carbocycles. The van der Waals surface area contributed by atoms with Crippen LogP contribution in [-0.4, -0.2) is 62.2 Å². The van der Waals surface area contributed by atoms with Gasteiger partial charge in [-0.3, -0.25) is 9.69 Å². The van der Waals surface area contributed by atoms with Gasteiger partial charge in [-0.25, -0.2) is 0 Å². The number of fused-ring (bicyclic) bond motifs is 3. The highest BCUT2D eigenvalue weighted by Gasteiger charge is 2.52. The van der Waals surface area contributed by atoms with Crippen LogP contribution in [0.15, 0.2) is 48.5 Å². The SMILES string of the molecule is COc1cc([C@@H]2c3cc4c(cc3[C@@H](Nc3ccc(CCN(C(C)C)C(C)C)cc3)[C@H]3COC(=O)[C@H]23)OCO4)cc(OC)c1O. The van der Waals surface area contributed by atoms with Crippen LogP contribution in [-0.2, 0) is 16.0 Å². The lowest BCUT2D eigenvalue weighted by atomic mass is 9.65. The standard InChI is InChI=1S/C35H42N2O7/c1-19(2)37(20(3)4)12-11-21-7-9-23(10-8-21)36-33-25-16-28-27(43-18-44-28)15-24(25)31(32-26(33)17-42-35(32)39)22-13-29(40-5)34(38)30(14-22)41-6/h7-10,13-16,19-20,26,31-33,36,38H,11-12,17-18H2,1-6H3/t26-,31+,32-,33+/m0/s1. The van der Waals surface area contributed by atoms with E-state index in [0.717, 1.165) is 35.3 Å². The van der Waals surface area contributed by atoms with Crippen molar-refractivity contribution in [3.63, 3.8) is 0 Å². The third-order valence-corrected chi connectivity index (χ3v) is 9.31. The number of anilines is 1. The summed E-state index contributed by atoms with van der Waals surface area (Å²) in [7, 11) is 2.99. The van der Waals surface area contributed by atoms with Gasteiger partial charge in [0.2, 0.25) is 12.5 Å². The summed E-state index contributed by atoms with van der Waals surface area (Å²) in [4.78, 5) is 16.0. The van der Waals surface area contributed by atoms with Crippen LogP contribution in [0.25, 0.3) is 0 Å². The molecule has 4 atom stereocenters. The molecule has 1 fully saturated rings. The first-order valence-corrected chi connectivity index (χ1v) is 15.4. The number of carbonyl (C=O) groups is 1. The van der Waals surface area contributed by atoms with Gasteiger partial charge in [-0.05, 0) is 92.8 Å². The summed E-state index contributed by atoms with van der Waals surface area (Å²) < 4.78 is 28.3. The maximum absolute atomic E-state index is 13.5. The predicted molar refractivity (Wildman–Crippen MR) is 167 cm³/mol. The van der Waals surface area contributed by atoms with Crippen LogP contribution in [0.2, 0.25) is 0 Å². The van der Waals surface area contributed by atoms with Gasteiger partial charge in [-0.2, -0.15) is 0 Å². The van der Waals surface area contributed by atoms with E-state index >= 15 is 0 Å². The molecular weight excluding hydrogens is 560 g/mol. The molecule has 9 nitrogen and oxygen atoms in total. The number of ether oxygens (including phenoxy) is 5. The molecular formula is C35H42N2O7. The number of hydrogen-bond acceptors (Lipinski definition) is 9. The zero-order valence-electron chi connectivity index (χ0n) is 26.3. The summed E-state index contributed by atoms with van der Waals surface area (Å²) in [5.41, 5.74) is 4.97. The third kappa shape index (κ3) is 5.38. The number of rotatable bonds is 10. The number of aromatic hydroxyl groups is 1. The van der Waals surface area contributed by atoms with Crippen molar-refractivity contribution in [3.8, 4) is 28.7 Å².